The first kappa shape index (κ1) is 20.0. The van der Waals surface area contributed by atoms with Gasteiger partial charge in [-0.2, -0.15) is 5.10 Å². The summed E-state index contributed by atoms with van der Waals surface area (Å²) in [6.45, 7) is 5.98. The van der Waals surface area contributed by atoms with E-state index in [-0.39, 0.29) is 5.97 Å². The van der Waals surface area contributed by atoms with Crippen LogP contribution in [0, 0.1) is 13.8 Å². The molecule has 0 aliphatic heterocycles. The minimum Gasteiger partial charge on any atom is -0.462 e. The zero-order valence-corrected chi connectivity index (χ0v) is 17.8. The second-order valence-electron chi connectivity index (χ2n) is 6.19. The van der Waals surface area contributed by atoms with Crippen molar-refractivity contribution in [2.45, 2.75) is 20.8 Å². The lowest BCUT2D eigenvalue weighted by Gasteiger charge is -2.11. The topological polar surface area (TPSA) is 68.2 Å². The molecule has 0 saturated heterocycles. The number of benzene rings is 1. The van der Waals surface area contributed by atoms with Crippen molar-refractivity contribution in [1.29, 1.82) is 0 Å². The molecule has 2 heterocycles. The third-order valence-corrected chi connectivity index (χ3v) is 5.56. The number of nitrogens with zero attached hydrogens (tertiary/aromatic N) is 2. The van der Waals surface area contributed by atoms with Crippen molar-refractivity contribution >= 4 is 45.3 Å². The van der Waals surface area contributed by atoms with Gasteiger partial charge in [-0.1, -0.05) is 30.3 Å². The highest BCUT2D eigenvalue weighted by Gasteiger charge is 2.20. The monoisotopic (exact) mass is 414 g/mol. The van der Waals surface area contributed by atoms with E-state index >= 15 is 0 Å². The quantitative estimate of drug-likeness (QED) is 0.464. The number of carbonyl (C=O) groups excluding carboxylic acids is 1. The number of thiocarbonyl (C=S) groups is 1. The standard InChI is InChI=1S/C20H22N4O2S2/c1-5-26-19(25)15-11-16(14-9-7-6-8-10-14)28-18(15)22-20(27)21-17-12(2)23-24(4)13(17)3/h6-11H,5H2,1-4H3,(H2,21,22,27). The van der Waals surface area contributed by atoms with Crippen LogP contribution in [-0.2, 0) is 11.8 Å². The largest absolute Gasteiger partial charge is 0.462 e. The van der Waals surface area contributed by atoms with Crippen molar-refractivity contribution in [3.8, 4) is 10.4 Å². The van der Waals surface area contributed by atoms with Crippen LogP contribution in [0.4, 0.5) is 10.7 Å². The zero-order chi connectivity index (χ0) is 20.3. The number of aromatic nitrogens is 2. The number of hydrogen-bond acceptors (Lipinski definition) is 5. The van der Waals surface area contributed by atoms with Gasteiger partial charge in [-0.05, 0) is 44.6 Å². The van der Waals surface area contributed by atoms with Crippen molar-refractivity contribution in [3.63, 3.8) is 0 Å². The molecule has 0 radical (unpaired) electrons. The first-order chi connectivity index (χ1) is 13.4. The molecule has 0 aliphatic carbocycles. The molecule has 3 rings (SSSR count). The van der Waals surface area contributed by atoms with Crippen LogP contribution >= 0.6 is 23.6 Å². The fraction of sp³-hybridized carbons (Fsp3) is 0.250. The molecule has 2 aromatic heterocycles. The first-order valence-electron chi connectivity index (χ1n) is 8.85. The Morgan fingerprint density at radius 1 is 1.25 bits per heavy atom. The molecule has 6 nitrogen and oxygen atoms in total. The van der Waals surface area contributed by atoms with Crippen molar-refractivity contribution in [2.75, 3.05) is 17.2 Å². The maximum absolute atomic E-state index is 12.4. The maximum Gasteiger partial charge on any atom is 0.341 e. The zero-order valence-electron chi connectivity index (χ0n) is 16.2. The maximum atomic E-state index is 12.4. The van der Waals surface area contributed by atoms with E-state index in [0.717, 1.165) is 27.5 Å². The second kappa shape index (κ2) is 8.53. The highest BCUT2D eigenvalue weighted by molar-refractivity contribution is 7.80. The van der Waals surface area contributed by atoms with Crippen LogP contribution in [0.2, 0.25) is 0 Å². The summed E-state index contributed by atoms with van der Waals surface area (Å²) in [5.41, 5.74) is 4.19. The predicted molar refractivity (Wildman–Crippen MR) is 118 cm³/mol. The fourth-order valence-corrected chi connectivity index (χ4v) is 4.12. The van der Waals surface area contributed by atoms with Gasteiger partial charge >= 0.3 is 5.97 Å². The molecule has 0 bridgehead atoms. The molecule has 0 unspecified atom stereocenters. The van der Waals surface area contributed by atoms with E-state index < -0.39 is 0 Å². The molecule has 0 aliphatic rings. The van der Waals surface area contributed by atoms with E-state index in [1.165, 1.54) is 11.3 Å². The van der Waals surface area contributed by atoms with Crippen molar-refractivity contribution in [3.05, 3.63) is 53.3 Å². The van der Waals surface area contributed by atoms with Crippen LogP contribution < -0.4 is 10.6 Å². The van der Waals surface area contributed by atoms with Gasteiger partial charge in [0.05, 0.1) is 29.2 Å². The van der Waals surface area contributed by atoms with E-state index in [9.17, 15) is 4.79 Å². The second-order valence-corrected chi connectivity index (χ2v) is 7.65. The number of esters is 1. The Labute approximate surface area is 173 Å². The third kappa shape index (κ3) is 4.23. The van der Waals surface area contributed by atoms with Crippen LogP contribution in [0.1, 0.15) is 28.7 Å². The number of hydrogen-bond donors (Lipinski definition) is 2. The molecule has 0 spiro atoms. The first-order valence-corrected chi connectivity index (χ1v) is 10.1. The van der Waals surface area contributed by atoms with Crippen molar-refractivity contribution < 1.29 is 9.53 Å². The molecule has 0 saturated carbocycles. The molecule has 146 valence electrons. The Hall–Kier alpha value is -2.71. The average Bonchev–Trinajstić information content (AvgIpc) is 3.19. The Balaban J connectivity index is 1.88. The van der Waals surface area contributed by atoms with Crippen LogP contribution in [0.25, 0.3) is 10.4 Å². The Morgan fingerprint density at radius 3 is 2.57 bits per heavy atom. The number of nitrogens with one attached hydrogen (secondary N) is 2. The number of rotatable bonds is 5. The molecule has 3 aromatic rings. The highest BCUT2D eigenvalue weighted by atomic mass is 32.1. The third-order valence-electron chi connectivity index (χ3n) is 4.26. The smallest absolute Gasteiger partial charge is 0.341 e. The van der Waals surface area contributed by atoms with Crippen molar-refractivity contribution in [2.24, 2.45) is 7.05 Å². The summed E-state index contributed by atoms with van der Waals surface area (Å²) in [5, 5.41) is 11.8. The summed E-state index contributed by atoms with van der Waals surface area (Å²) in [6.07, 6.45) is 0. The summed E-state index contributed by atoms with van der Waals surface area (Å²) in [5.74, 6) is -0.375. The van der Waals surface area contributed by atoms with Gasteiger partial charge in [-0.3, -0.25) is 4.68 Å². The molecule has 0 atom stereocenters. The molecule has 0 fully saturated rings. The lowest BCUT2D eigenvalue weighted by molar-refractivity contribution is 0.0528. The Bertz CT molecular complexity index is 1010. The van der Waals surface area contributed by atoms with Crippen LogP contribution in [0.15, 0.2) is 36.4 Å². The number of carbonyl (C=O) groups is 1. The van der Waals surface area contributed by atoms with Crippen LogP contribution in [0.5, 0.6) is 0 Å². The van der Waals surface area contributed by atoms with Gasteiger partial charge in [-0.15, -0.1) is 11.3 Å². The van der Waals surface area contributed by atoms with E-state index in [1.54, 1.807) is 11.6 Å². The fourth-order valence-electron chi connectivity index (χ4n) is 2.79. The lowest BCUT2D eigenvalue weighted by Crippen LogP contribution is -2.20. The van der Waals surface area contributed by atoms with E-state index in [0.29, 0.717) is 22.3 Å². The van der Waals surface area contributed by atoms with Crippen LogP contribution in [0.3, 0.4) is 0 Å². The minimum absolute atomic E-state index is 0.311. The van der Waals surface area contributed by atoms with Gasteiger partial charge in [0.25, 0.3) is 0 Å². The highest BCUT2D eigenvalue weighted by Crippen LogP contribution is 2.36. The number of ether oxygens (including phenoxy) is 1. The lowest BCUT2D eigenvalue weighted by atomic mass is 10.1. The van der Waals surface area contributed by atoms with E-state index in [2.05, 4.69) is 15.7 Å². The van der Waals surface area contributed by atoms with Gasteiger partial charge in [0.2, 0.25) is 0 Å². The molecule has 8 heteroatoms. The number of aryl methyl sites for hydroxylation is 2. The summed E-state index contributed by atoms with van der Waals surface area (Å²) >= 11 is 6.94. The van der Waals surface area contributed by atoms with Gasteiger partial charge in [0.1, 0.15) is 5.00 Å². The van der Waals surface area contributed by atoms with Crippen LogP contribution in [-0.4, -0.2) is 27.5 Å². The average molecular weight is 415 g/mol. The molecular formula is C20H22N4O2S2. The van der Waals surface area contributed by atoms with Gasteiger partial charge < -0.3 is 15.4 Å². The SMILES string of the molecule is CCOC(=O)c1cc(-c2ccccc2)sc1NC(=S)Nc1c(C)nn(C)c1C. The van der Waals surface area contributed by atoms with E-state index in [4.69, 9.17) is 17.0 Å². The summed E-state index contributed by atoms with van der Waals surface area (Å²) < 4.78 is 7.00. The molecule has 0 amide bonds. The number of thiophene rings is 1. The van der Waals surface area contributed by atoms with Gasteiger partial charge in [0, 0.05) is 11.9 Å². The summed E-state index contributed by atoms with van der Waals surface area (Å²) in [6, 6.07) is 11.7. The number of anilines is 2. The molecule has 28 heavy (non-hydrogen) atoms. The van der Waals surface area contributed by atoms with E-state index in [1.807, 2.05) is 57.3 Å². The summed E-state index contributed by atoms with van der Waals surface area (Å²) in [4.78, 5) is 13.4. The minimum atomic E-state index is -0.375. The Kier molecular flexibility index (Phi) is 6.11. The van der Waals surface area contributed by atoms with Crippen molar-refractivity contribution in [1.82, 2.24) is 9.78 Å². The summed E-state index contributed by atoms with van der Waals surface area (Å²) in [7, 11) is 1.88. The molecule has 2 N–H and O–H groups in total. The Morgan fingerprint density at radius 2 is 1.96 bits per heavy atom. The predicted octanol–water partition coefficient (Wildman–Crippen LogP) is 4.75. The normalized spacial score (nSPS) is 10.6. The molecular weight excluding hydrogens is 392 g/mol. The van der Waals surface area contributed by atoms with Gasteiger partial charge in [-0.25, -0.2) is 4.79 Å². The van der Waals surface area contributed by atoms with Gasteiger partial charge in [0.15, 0.2) is 5.11 Å². The molecule has 1 aromatic carbocycles.